The summed E-state index contributed by atoms with van der Waals surface area (Å²) in [5.74, 6) is 1.78. The smallest absolute Gasteiger partial charge is 0.191 e. The van der Waals surface area contributed by atoms with Crippen molar-refractivity contribution in [3.05, 3.63) is 0 Å². The Labute approximate surface area is 147 Å². The maximum absolute atomic E-state index is 5.04. The van der Waals surface area contributed by atoms with E-state index in [9.17, 15) is 0 Å². The molecule has 0 radical (unpaired) electrons. The summed E-state index contributed by atoms with van der Waals surface area (Å²) in [7, 11) is 3.55. The number of aliphatic imine (C=N–C) groups is 1. The van der Waals surface area contributed by atoms with Crippen LogP contribution in [0.25, 0.3) is 0 Å². The molecule has 2 N–H and O–H groups in total. The summed E-state index contributed by atoms with van der Waals surface area (Å²) in [5.41, 5.74) is 0. The van der Waals surface area contributed by atoms with E-state index >= 15 is 0 Å². The van der Waals surface area contributed by atoms with Crippen LogP contribution >= 0.6 is 24.0 Å². The number of guanidine groups is 1. The number of ether oxygens (including phenoxy) is 1. The molecular weight excluding hydrogens is 379 g/mol. The van der Waals surface area contributed by atoms with Gasteiger partial charge in [0.25, 0.3) is 0 Å². The van der Waals surface area contributed by atoms with E-state index in [1.54, 1.807) is 7.11 Å². The van der Waals surface area contributed by atoms with Crippen LogP contribution in [0.5, 0.6) is 0 Å². The minimum atomic E-state index is 0. The van der Waals surface area contributed by atoms with Crippen molar-refractivity contribution >= 4 is 29.9 Å². The second-order valence-corrected chi connectivity index (χ2v) is 5.79. The van der Waals surface area contributed by atoms with Crippen LogP contribution in [-0.2, 0) is 4.74 Å². The molecule has 1 aliphatic heterocycles. The van der Waals surface area contributed by atoms with Gasteiger partial charge in [-0.15, -0.1) is 24.0 Å². The summed E-state index contributed by atoms with van der Waals surface area (Å²) >= 11 is 0. The SMILES string of the molecule is CN=C(NCCCOC)NCC(C)N1CCC(C)CC1.I. The molecule has 0 amide bonds. The van der Waals surface area contributed by atoms with Crippen molar-refractivity contribution in [2.24, 2.45) is 10.9 Å². The highest BCUT2D eigenvalue weighted by Crippen LogP contribution is 2.17. The van der Waals surface area contributed by atoms with E-state index in [1.807, 2.05) is 7.05 Å². The van der Waals surface area contributed by atoms with Crippen LogP contribution in [0.1, 0.15) is 33.1 Å². The zero-order valence-electron chi connectivity index (χ0n) is 14.0. The molecule has 5 nitrogen and oxygen atoms in total. The molecule has 21 heavy (non-hydrogen) atoms. The highest BCUT2D eigenvalue weighted by molar-refractivity contribution is 14.0. The molecule has 1 atom stereocenters. The Hall–Kier alpha value is -0.0800. The molecule has 0 aromatic heterocycles. The number of halogens is 1. The second-order valence-electron chi connectivity index (χ2n) is 5.79. The van der Waals surface area contributed by atoms with Crippen LogP contribution in [0.4, 0.5) is 0 Å². The molecule has 0 aromatic carbocycles. The first-order valence-corrected chi connectivity index (χ1v) is 7.84. The van der Waals surface area contributed by atoms with Gasteiger partial charge in [0.1, 0.15) is 0 Å². The van der Waals surface area contributed by atoms with Crippen molar-refractivity contribution in [3.8, 4) is 0 Å². The molecule has 0 saturated carbocycles. The Bertz CT molecular complexity index is 281. The number of nitrogens with zero attached hydrogens (tertiary/aromatic N) is 2. The summed E-state index contributed by atoms with van der Waals surface area (Å²) in [6, 6.07) is 0.556. The first kappa shape index (κ1) is 20.9. The zero-order chi connectivity index (χ0) is 14.8. The van der Waals surface area contributed by atoms with E-state index in [0.29, 0.717) is 6.04 Å². The first-order chi connectivity index (χ1) is 9.67. The molecule has 0 bridgehead atoms. The Morgan fingerprint density at radius 1 is 1.33 bits per heavy atom. The lowest BCUT2D eigenvalue weighted by Crippen LogP contribution is -2.48. The zero-order valence-corrected chi connectivity index (χ0v) is 16.4. The number of methoxy groups -OCH3 is 1. The van der Waals surface area contributed by atoms with Crippen LogP contribution in [-0.4, -0.2) is 63.8 Å². The predicted molar refractivity (Wildman–Crippen MR) is 101 cm³/mol. The maximum Gasteiger partial charge on any atom is 0.191 e. The monoisotopic (exact) mass is 412 g/mol. The van der Waals surface area contributed by atoms with Crippen molar-refractivity contribution in [1.82, 2.24) is 15.5 Å². The van der Waals surface area contributed by atoms with Gasteiger partial charge in [-0.3, -0.25) is 9.89 Å². The minimum absolute atomic E-state index is 0. The standard InChI is InChI=1S/C15H32N4O.HI/c1-13-6-9-19(10-7-13)14(2)12-18-15(16-3)17-8-5-11-20-4;/h13-14H,5-12H2,1-4H3,(H2,16,17,18);1H. The number of rotatable bonds is 7. The molecular formula is C15H33IN4O. The summed E-state index contributed by atoms with van der Waals surface area (Å²) < 4.78 is 5.04. The molecule has 0 aliphatic carbocycles. The molecule has 0 aromatic rings. The number of likely N-dealkylation sites (tertiary alicyclic amines) is 1. The Morgan fingerprint density at radius 2 is 2.00 bits per heavy atom. The highest BCUT2D eigenvalue weighted by atomic mass is 127. The number of hydrogen-bond acceptors (Lipinski definition) is 3. The van der Waals surface area contributed by atoms with Gasteiger partial charge in [0.2, 0.25) is 0 Å². The molecule has 126 valence electrons. The summed E-state index contributed by atoms with van der Waals surface area (Å²) in [6.07, 6.45) is 3.65. The van der Waals surface area contributed by atoms with Crippen LogP contribution < -0.4 is 10.6 Å². The lowest BCUT2D eigenvalue weighted by molar-refractivity contribution is 0.147. The fraction of sp³-hybridized carbons (Fsp3) is 0.933. The van der Waals surface area contributed by atoms with Crippen molar-refractivity contribution in [1.29, 1.82) is 0 Å². The molecule has 1 saturated heterocycles. The van der Waals surface area contributed by atoms with Gasteiger partial charge in [0, 0.05) is 39.9 Å². The minimum Gasteiger partial charge on any atom is -0.385 e. The van der Waals surface area contributed by atoms with E-state index in [1.165, 1.54) is 25.9 Å². The fourth-order valence-corrected chi connectivity index (χ4v) is 2.49. The third-order valence-corrected chi connectivity index (χ3v) is 4.05. The molecule has 1 rings (SSSR count). The lowest BCUT2D eigenvalue weighted by atomic mass is 9.98. The summed E-state index contributed by atoms with van der Waals surface area (Å²) in [6.45, 7) is 9.72. The molecule has 1 unspecified atom stereocenters. The fourth-order valence-electron chi connectivity index (χ4n) is 2.49. The van der Waals surface area contributed by atoms with Crippen molar-refractivity contribution < 1.29 is 4.74 Å². The molecule has 6 heteroatoms. The van der Waals surface area contributed by atoms with E-state index in [2.05, 4.69) is 34.4 Å². The Balaban J connectivity index is 0.00000400. The van der Waals surface area contributed by atoms with Gasteiger partial charge >= 0.3 is 0 Å². The average molecular weight is 412 g/mol. The van der Waals surface area contributed by atoms with Gasteiger partial charge in [0.05, 0.1) is 0 Å². The van der Waals surface area contributed by atoms with Crippen LogP contribution in [0.3, 0.4) is 0 Å². The third kappa shape index (κ3) is 8.83. The highest BCUT2D eigenvalue weighted by Gasteiger charge is 2.20. The summed E-state index contributed by atoms with van der Waals surface area (Å²) in [4.78, 5) is 6.82. The van der Waals surface area contributed by atoms with Crippen LogP contribution in [0, 0.1) is 5.92 Å². The number of piperidine rings is 1. The number of hydrogen-bond donors (Lipinski definition) is 2. The predicted octanol–water partition coefficient (Wildman–Crippen LogP) is 1.93. The normalized spacial score (nSPS) is 19.0. The second kappa shape index (κ2) is 12.5. The molecule has 1 fully saturated rings. The van der Waals surface area contributed by atoms with Gasteiger partial charge < -0.3 is 15.4 Å². The lowest BCUT2D eigenvalue weighted by Gasteiger charge is -2.35. The topological polar surface area (TPSA) is 48.9 Å². The molecule has 0 spiro atoms. The van der Waals surface area contributed by atoms with Gasteiger partial charge in [0.15, 0.2) is 5.96 Å². The first-order valence-electron chi connectivity index (χ1n) is 7.84. The average Bonchev–Trinajstić information content (AvgIpc) is 2.47. The quantitative estimate of drug-likeness (QED) is 0.290. The van der Waals surface area contributed by atoms with Crippen molar-refractivity contribution in [3.63, 3.8) is 0 Å². The van der Waals surface area contributed by atoms with E-state index in [4.69, 9.17) is 4.74 Å². The van der Waals surface area contributed by atoms with Crippen LogP contribution in [0.15, 0.2) is 4.99 Å². The molecule has 1 heterocycles. The van der Waals surface area contributed by atoms with Gasteiger partial charge in [-0.2, -0.15) is 0 Å². The van der Waals surface area contributed by atoms with Gasteiger partial charge in [-0.25, -0.2) is 0 Å². The maximum atomic E-state index is 5.04. The van der Waals surface area contributed by atoms with E-state index < -0.39 is 0 Å². The van der Waals surface area contributed by atoms with Crippen LogP contribution in [0.2, 0.25) is 0 Å². The van der Waals surface area contributed by atoms with Crippen molar-refractivity contribution in [2.75, 3.05) is 46.9 Å². The third-order valence-electron chi connectivity index (χ3n) is 4.05. The van der Waals surface area contributed by atoms with E-state index in [0.717, 1.165) is 38.0 Å². The largest absolute Gasteiger partial charge is 0.385 e. The molecule has 1 aliphatic rings. The Morgan fingerprint density at radius 3 is 2.57 bits per heavy atom. The van der Waals surface area contributed by atoms with E-state index in [-0.39, 0.29) is 24.0 Å². The van der Waals surface area contributed by atoms with Gasteiger partial charge in [-0.1, -0.05) is 6.92 Å². The van der Waals surface area contributed by atoms with Gasteiger partial charge in [-0.05, 0) is 45.2 Å². The number of nitrogens with one attached hydrogen (secondary N) is 2. The summed E-state index contributed by atoms with van der Waals surface area (Å²) in [5, 5.41) is 6.72. The van der Waals surface area contributed by atoms with Crippen molar-refractivity contribution in [2.45, 2.75) is 39.2 Å². The Kier molecular flexibility index (Phi) is 12.4.